The number of pyridine rings is 1. The van der Waals surface area contributed by atoms with E-state index in [1.807, 2.05) is 0 Å². The Bertz CT molecular complexity index is 427. The molecule has 0 saturated heterocycles. The van der Waals surface area contributed by atoms with Crippen molar-refractivity contribution in [3.05, 3.63) is 27.7 Å². The first-order chi connectivity index (χ1) is 6.43. The summed E-state index contributed by atoms with van der Waals surface area (Å²) in [6, 6.07) is 0.589. The molecule has 0 aliphatic rings. The Balaban J connectivity index is 3.40. The number of hydrogen-bond donors (Lipinski definition) is 3. The molecular weight excluding hydrogens is 198 g/mol. The van der Waals surface area contributed by atoms with Crippen LogP contribution in [0.2, 0.25) is 0 Å². The molecule has 1 aromatic heterocycles. The zero-order valence-corrected chi connectivity index (χ0v) is 6.75. The minimum absolute atomic E-state index is 0.589. The van der Waals surface area contributed by atoms with Gasteiger partial charge in [-0.25, -0.2) is 8.78 Å². The van der Waals surface area contributed by atoms with Crippen LogP contribution in [0.4, 0.5) is 8.78 Å². The Kier molecular flexibility index (Phi) is 2.50. The third-order valence-electron chi connectivity index (χ3n) is 1.51. The molecule has 1 aromatic rings. The van der Waals surface area contributed by atoms with Crippen molar-refractivity contribution in [3.63, 3.8) is 0 Å². The molecule has 5 nitrogen and oxygen atoms in total. The Hall–Kier alpha value is -1.92. The van der Waals surface area contributed by atoms with E-state index in [1.165, 1.54) is 0 Å². The van der Waals surface area contributed by atoms with Crippen LogP contribution in [-0.4, -0.2) is 16.0 Å². The molecule has 1 amide bonds. The van der Waals surface area contributed by atoms with Crippen LogP contribution in [0, 0.1) is 0 Å². The topological polar surface area (TPSA) is 96.2 Å². The molecule has 0 fully saturated rings. The van der Waals surface area contributed by atoms with Gasteiger partial charge in [-0.15, -0.1) is 0 Å². The van der Waals surface area contributed by atoms with Gasteiger partial charge in [-0.1, -0.05) is 0 Å². The summed E-state index contributed by atoms with van der Waals surface area (Å²) >= 11 is 0. The predicted molar refractivity (Wildman–Crippen MR) is 42.2 cm³/mol. The lowest BCUT2D eigenvalue weighted by molar-refractivity contribution is 0.0994. The van der Waals surface area contributed by atoms with Crippen LogP contribution in [0.3, 0.4) is 0 Å². The quantitative estimate of drug-likeness (QED) is 0.638. The Labute approximate surface area is 76.2 Å². The smallest absolute Gasteiger partial charge is 0.278 e. The van der Waals surface area contributed by atoms with Crippen LogP contribution >= 0.6 is 0 Å². The molecule has 0 aromatic carbocycles. The molecule has 0 radical (unpaired) electrons. The van der Waals surface area contributed by atoms with Gasteiger partial charge in [0.25, 0.3) is 17.9 Å². The molecule has 1 rings (SSSR count). The van der Waals surface area contributed by atoms with Crippen molar-refractivity contribution in [2.24, 2.45) is 5.73 Å². The first-order valence-corrected chi connectivity index (χ1v) is 3.47. The predicted octanol–water partition coefficient (Wildman–Crippen LogP) is 0.117. The fraction of sp³-hybridized carbons (Fsp3) is 0.143. The lowest BCUT2D eigenvalue weighted by atomic mass is 10.2. The number of halogens is 2. The van der Waals surface area contributed by atoms with E-state index in [9.17, 15) is 18.4 Å². The second-order valence-electron chi connectivity index (χ2n) is 2.48. The zero-order chi connectivity index (χ0) is 10.9. The molecule has 0 bridgehead atoms. The normalized spacial score (nSPS) is 10.5. The molecule has 76 valence electrons. The third kappa shape index (κ3) is 1.70. The van der Waals surface area contributed by atoms with Crippen LogP contribution < -0.4 is 11.3 Å². The van der Waals surface area contributed by atoms with Gasteiger partial charge in [-0.2, -0.15) is 0 Å². The van der Waals surface area contributed by atoms with E-state index in [2.05, 4.69) is 0 Å². The monoisotopic (exact) mass is 204 g/mol. The molecule has 14 heavy (non-hydrogen) atoms. The lowest BCUT2D eigenvalue weighted by Crippen LogP contribution is -2.24. The molecule has 0 aliphatic carbocycles. The number of aromatic nitrogens is 1. The van der Waals surface area contributed by atoms with E-state index in [4.69, 9.17) is 10.8 Å². The fourth-order valence-electron chi connectivity index (χ4n) is 0.921. The maximum Gasteiger partial charge on any atom is 0.278 e. The highest BCUT2D eigenvalue weighted by atomic mass is 19.3. The second kappa shape index (κ2) is 3.44. The molecule has 0 saturated carbocycles. The van der Waals surface area contributed by atoms with Gasteiger partial charge in [0.05, 0.1) is 5.69 Å². The number of amides is 1. The highest BCUT2D eigenvalue weighted by molar-refractivity contribution is 5.95. The van der Waals surface area contributed by atoms with Crippen molar-refractivity contribution in [3.8, 4) is 5.75 Å². The van der Waals surface area contributed by atoms with Crippen molar-refractivity contribution in [2.75, 3.05) is 0 Å². The van der Waals surface area contributed by atoms with E-state index < -0.39 is 34.9 Å². The van der Waals surface area contributed by atoms with Crippen LogP contribution in [0.1, 0.15) is 22.5 Å². The SMILES string of the molecule is NC(=O)c1c(O)cc(C(F)F)[nH]c1=O. The summed E-state index contributed by atoms with van der Waals surface area (Å²) < 4.78 is 24.1. The average molecular weight is 204 g/mol. The van der Waals surface area contributed by atoms with Crippen LogP contribution in [0.5, 0.6) is 5.75 Å². The number of nitrogens with one attached hydrogen (secondary N) is 1. The number of aromatic hydroxyl groups is 1. The first-order valence-electron chi connectivity index (χ1n) is 3.47. The Morgan fingerprint density at radius 2 is 2.14 bits per heavy atom. The largest absolute Gasteiger partial charge is 0.507 e. The highest BCUT2D eigenvalue weighted by Gasteiger charge is 2.17. The Morgan fingerprint density at radius 3 is 2.50 bits per heavy atom. The summed E-state index contributed by atoms with van der Waals surface area (Å²) in [5.74, 6) is -2.03. The molecule has 4 N–H and O–H groups in total. The van der Waals surface area contributed by atoms with E-state index in [-0.39, 0.29) is 0 Å². The van der Waals surface area contributed by atoms with E-state index in [1.54, 1.807) is 4.98 Å². The number of primary amides is 1. The van der Waals surface area contributed by atoms with Gasteiger partial charge < -0.3 is 15.8 Å². The van der Waals surface area contributed by atoms with Gasteiger partial charge in [0, 0.05) is 6.07 Å². The number of hydrogen-bond acceptors (Lipinski definition) is 3. The minimum atomic E-state index is -2.93. The van der Waals surface area contributed by atoms with E-state index >= 15 is 0 Å². The maximum absolute atomic E-state index is 12.1. The van der Waals surface area contributed by atoms with Gasteiger partial charge in [0.15, 0.2) is 0 Å². The summed E-state index contributed by atoms with van der Waals surface area (Å²) in [6.45, 7) is 0. The molecule has 1 heterocycles. The number of carbonyl (C=O) groups excluding carboxylic acids is 1. The van der Waals surface area contributed by atoms with Gasteiger partial charge >= 0.3 is 0 Å². The summed E-state index contributed by atoms with van der Waals surface area (Å²) in [5.41, 5.74) is 2.11. The summed E-state index contributed by atoms with van der Waals surface area (Å²) in [4.78, 5) is 23.3. The number of carbonyl (C=O) groups is 1. The number of nitrogens with two attached hydrogens (primary N) is 1. The minimum Gasteiger partial charge on any atom is -0.507 e. The highest BCUT2D eigenvalue weighted by Crippen LogP contribution is 2.20. The zero-order valence-electron chi connectivity index (χ0n) is 6.75. The summed E-state index contributed by atoms with van der Waals surface area (Å²) in [6.07, 6.45) is -2.93. The third-order valence-corrected chi connectivity index (χ3v) is 1.51. The first kappa shape index (κ1) is 10.2. The number of alkyl halides is 2. The van der Waals surface area contributed by atoms with E-state index in [0.29, 0.717) is 6.07 Å². The van der Waals surface area contributed by atoms with Crippen LogP contribution in [0.15, 0.2) is 10.9 Å². The fourth-order valence-corrected chi connectivity index (χ4v) is 0.921. The average Bonchev–Trinajstić information content (AvgIpc) is 2.01. The number of aromatic amines is 1. The van der Waals surface area contributed by atoms with Gasteiger partial charge in [0.2, 0.25) is 0 Å². The summed E-state index contributed by atoms with van der Waals surface area (Å²) in [5, 5.41) is 9.04. The number of rotatable bonds is 2. The second-order valence-corrected chi connectivity index (χ2v) is 2.48. The van der Waals surface area contributed by atoms with E-state index in [0.717, 1.165) is 0 Å². The number of H-pyrrole nitrogens is 1. The van der Waals surface area contributed by atoms with Gasteiger partial charge in [-0.05, 0) is 0 Å². The van der Waals surface area contributed by atoms with Crippen molar-refractivity contribution < 1.29 is 18.7 Å². The standard InChI is InChI=1S/C7H6F2N2O3/c8-5(9)2-1-3(12)4(6(10)13)7(14)11-2/h1,5H,(H2,10,13)(H2,11,12,14). The van der Waals surface area contributed by atoms with Crippen molar-refractivity contribution in [1.82, 2.24) is 4.98 Å². The van der Waals surface area contributed by atoms with Gasteiger partial charge in [-0.3, -0.25) is 9.59 Å². The molecule has 0 aliphatic heterocycles. The lowest BCUT2D eigenvalue weighted by Gasteiger charge is -2.02. The van der Waals surface area contributed by atoms with Crippen molar-refractivity contribution >= 4 is 5.91 Å². The van der Waals surface area contributed by atoms with Crippen LogP contribution in [0.25, 0.3) is 0 Å². The molecule has 0 atom stereocenters. The van der Waals surface area contributed by atoms with Crippen LogP contribution in [-0.2, 0) is 0 Å². The summed E-state index contributed by atoms with van der Waals surface area (Å²) in [7, 11) is 0. The van der Waals surface area contributed by atoms with Crippen molar-refractivity contribution in [1.29, 1.82) is 0 Å². The molecule has 0 spiro atoms. The molecule has 0 unspecified atom stereocenters. The Morgan fingerprint density at radius 1 is 1.57 bits per heavy atom. The van der Waals surface area contributed by atoms with Crippen molar-refractivity contribution in [2.45, 2.75) is 6.43 Å². The maximum atomic E-state index is 12.1. The molecule has 7 heteroatoms. The molecular formula is C7H6F2N2O3. The van der Waals surface area contributed by atoms with Gasteiger partial charge in [0.1, 0.15) is 11.3 Å².